The molecule has 3 aromatic rings. The van der Waals surface area contributed by atoms with Gasteiger partial charge in [-0.05, 0) is 18.4 Å². The molecule has 0 aliphatic carbocycles. The lowest BCUT2D eigenvalue weighted by atomic mass is 10.0. The molecule has 0 unspecified atom stereocenters. The summed E-state index contributed by atoms with van der Waals surface area (Å²) in [6.07, 6.45) is 1.75. The van der Waals surface area contributed by atoms with Gasteiger partial charge in [0, 0.05) is 29.1 Å². The zero-order chi connectivity index (χ0) is 12.7. The number of aromatic nitrogens is 1. The molecule has 0 atom stereocenters. The molecule has 0 N–H and O–H groups in total. The van der Waals surface area contributed by atoms with Crippen molar-refractivity contribution in [2.45, 2.75) is 6.92 Å². The first kappa shape index (κ1) is 10.7. The largest absolute Gasteiger partial charge is 0.271 e. The fraction of sp³-hybridized carbons (Fsp3) is 0.0714. The second-order valence-electron chi connectivity index (χ2n) is 4.31. The van der Waals surface area contributed by atoms with Crippen LogP contribution >= 0.6 is 0 Å². The predicted molar refractivity (Wildman–Crippen MR) is 70.6 cm³/mol. The summed E-state index contributed by atoms with van der Waals surface area (Å²) >= 11 is 0. The van der Waals surface area contributed by atoms with Crippen LogP contribution in [0.3, 0.4) is 0 Å². The molecule has 0 bridgehead atoms. The van der Waals surface area contributed by atoms with E-state index in [2.05, 4.69) is 11.1 Å². The minimum Gasteiger partial charge on any atom is -0.258 e. The first-order valence-corrected chi connectivity index (χ1v) is 5.59. The van der Waals surface area contributed by atoms with Crippen LogP contribution in [0.1, 0.15) is 5.56 Å². The quantitative estimate of drug-likeness (QED) is 0.369. The van der Waals surface area contributed by atoms with Crippen LogP contribution in [0.25, 0.3) is 21.7 Å². The third-order valence-corrected chi connectivity index (χ3v) is 3.03. The summed E-state index contributed by atoms with van der Waals surface area (Å²) in [4.78, 5) is 14.6. The molecule has 0 radical (unpaired) electrons. The minimum atomic E-state index is -0.401. The Morgan fingerprint density at radius 2 is 1.94 bits per heavy atom. The van der Waals surface area contributed by atoms with E-state index >= 15 is 0 Å². The zero-order valence-electron chi connectivity index (χ0n) is 9.75. The van der Waals surface area contributed by atoms with Gasteiger partial charge in [0.1, 0.15) is 0 Å². The van der Waals surface area contributed by atoms with E-state index in [4.69, 9.17) is 0 Å². The topological polar surface area (TPSA) is 56.0 Å². The standard InChI is InChI=1S/C14H10N2O2/c1-9-2-3-10-8-15-14-7-11(16(17)18)4-5-12(14)13(10)6-9/h2-8H,1H3. The summed E-state index contributed by atoms with van der Waals surface area (Å²) in [6, 6.07) is 10.9. The summed E-state index contributed by atoms with van der Waals surface area (Å²) < 4.78 is 0. The van der Waals surface area contributed by atoms with Crippen molar-refractivity contribution in [3.8, 4) is 0 Å². The molecule has 18 heavy (non-hydrogen) atoms. The molecular formula is C14H10N2O2. The number of pyridine rings is 1. The number of rotatable bonds is 1. The molecule has 0 saturated heterocycles. The summed E-state index contributed by atoms with van der Waals surface area (Å²) in [7, 11) is 0. The van der Waals surface area contributed by atoms with Crippen molar-refractivity contribution in [1.29, 1.82) is 0 Å². The van der Waals surface area contributed by atoms with Gasteiger partial charge in [0.15, 0.2) is 0 Å². The molecule has 0 aliphatic heterocycles. The van der Waals surface area contributed by atoms with Crippen LogP contribution in [0.5, 0.6) is 0 Å². The molecule has 0 saturated carbocycles. The maximum Gasteiger partial charge on any atom is 0.271 e. The zero-order valence-corrected chi connectivity index (χ0v) is 9.75. The molecule has 2 aromatic carbocycles. The van der Waals surface area contributed by atoms with Crippen molar-refractivity contribution in [1.82, 2.24) is 4.98 Å². The highest BCUT2D eigenvalue weighted by atomic mass is 16.6. The third kappa shape index (κ3) is 1.59. The number of fused-ring (bicyclic) bond motifs is 3. The van der Waals surface area contributed by atoms with Crippen LogP contribution in [-0.2, 0) is 0 Å². The molecule has 3 rings (SSSR count). The van der Waals surface area contributed by atoms with Gasteiger partial charge in [-0.3, -0.25) is 15.1 Å². The number of hydrogen-bond donors (Lipinski definition) is 0. The van der Waals surface area contributed by atoms with Gasteiger partial charge in [-0.25, -0.2) is 0 Å². The fourth-order valence-corrected chi connectivity index (χ4v) is 2.12. The number of nitrogens with zero attached hydrogens (tertiary/aromatic N) is 2. The molecule has 4 heteroatoms. The second-order valence-corrected chi connectivity index (χ2v) is 4.31. The summed E-state index contributed by atoms with van der Waals surface area (Å²) in [5, 5.41) is 13.8. The average Bonchev–Trinajstić information content (AvgIpc) is 2.37. The summed E-state index contributed by atoms with van der Waals surface area (Å²) in [6.45, 7) is 2.02. The lowest BCUT2D eigenvalue weighted by Crippen LogP contribution is -1.89. The van der Waals surface area contributed by atoms with E-state index in [-0.39, 0.29) is 5.69 Å². The van der Waals surface area contributed by atoms with E-state index in [9.17, 15) is 10.1 Å². The van der Waals surface area contributed by atoms with Gasteiger partial charge in [0.25, 0.3) is 5.69 Å². The molecule has 0 aliphatic rings. The van der Waals surface area contributed by atoms with Crippen molar-refractivity contribution in [2.75, 3.05) is 0 Å². The number of aryl methyl sites for hydroxylation is 1. The fourth-order valence-electron chi connectivity index (χ4n) is 2.12. The van der Waals surface area contributed by atoms with Crippen molar-refractivity contribution >= 4 is 27.4 Å². The Morgan fingerprint density at radius 1 is 1.11 bits per heavy atom. The lowest BCUT2D eigenvalue weighted by Gasteiger charge is -2.04. The van der Waals surface area contributed by atoms with Gasteiger partial charge in [-0.15, -0.1) is 0 Å². The number of benzene rings is 2. The van der Waals surface area contributed by atoms with Crippen LogP contribution in [0, 0.1) is 17.0 Å². The van der Waals surface area contributed by atoms with E-state index in [0.717, 1.165) is 21.7 Å². The Balaban J connectivity index is 2.40. The van der Waals surface area contributed by atoms with Crippen LogP contribution in [0.2, 0.25) is 0 Å². The third-order valence-electron chi connectivity index (χ3n) is 3.03. The Hall–Kier alpha value is -2.49. The molecule has 1 aromatic heterocycles. The molecule has 0 fully saturated rings. The molecule has 1 heterocycles. The van der Waals surface area contributed by atoms with Crippen molar-refractivity contribution in [2.24, 2.45) is 0 Å². The SMILES string of the molecule is Cc1ccc2cnc3cc([N+](=O)[O-])ccc3c2c1. The van der Waals surface area contributed by atoms with Gasteiger partial charge in [0.2, 0.25) is 0 Å². The van der Waals surface area contributed by atoms with Crippen LogP contribution in [0.4, 0.5) is 5.69 Å². The monoisotopic (exact) mass is 238 g/mol. The van der Waals surface area contributed by atoms with Crippen LogP contribution < -0.4 is 0 Å². The Kier molecular flexibility index (Phi) is 2.23. The van der Waals surface area contributed by atoms with E-state index in [1.807, 2.05) is 19.1 Å². The predicted octanol–water partition coefficient (Wildman–Crippen LogP) is 3.60. The molecule has 0 spiro atoms. The second kappa shape index (κ2) is 3.77. The van der Waals surface area contributed by atoms with Crippen molar-refractivity contribution in [3.05, 3.63) is 58.3 Å². The summed E-state index contributed by atoms with van der Waals surface area (Å²) in [5.74, 6) is 0. The Morgan fingerprint density at radius 3 is 2.72 bits per heavy atom. The molecule has 88 valence electrons. The highest BCUT2D eigenvalue weighted by Crippen LogP contribution is 2.27. The van der Waals surface area contributed by atoms with Crippen molar-refractivity contribution in [3.63, 3.8) is 0 Å². The van der Waals surface area contributed by atoms with E-state index in [0.29, 0.717) is 5.52 Å². The maximum atomic E-state index is 10.7. The van der Waals surface area contributed by atoms with Gasteiger partial charge in [-0.2, -0.15) is 0 Å². The average molecular weight is 238 g/mol. The first-order valence-electron chi connectivity index (χ1n) is 5.59. The number of nitro groups is 1. The van der Waals surface area contributed by atoms with E-state index in [1.165, 1.54) is 12.1 Å². The van der Waals surface area contributed by atoms with E-state index < -0.39 is 4.92 Å². The van der Waals surface area contributed by atoms with Gasteiger partial charge in [0.05, 0.1) is 10.4 Å². The lowest BCUT2D eigenvalue weighted by molar-refractivity contribution is -0.384. The highest BCUT2D eigenvalue weighted by Gasteiger charge is 2.08. The molecule has 0 amide bonds. The number of non-ortho nitro benzene ring substituents is 1. The number of hydrogen-bond acceptors (Lipinski definition) is 3. The number of nitro benzene ring substituents is 1. The van der Waals surface area contributed by atoms with E-state index in [1.54, 1.807) is 12.3 Å². The summed E-state index contributed by atoms with van der Waals surface area (Å²) in [5.41, 5.74) is 1.89. The van der Waals surface area contributed by atoms with Crippen molar-refractivity contribution < 1.29 is 4.92 Å². The van der Waals surface area contributed by atoms with Crippen LogP contribution in [-0.4, -0.2) is 9.91 Å². The van der Waals surface area contributed by atoms with Gasteiger partial charge >= 0.3 is 0 Å². The highest BCUT2D eigenvalue weighted by molar-refractivity contribution is 6.06. The van der Waals surface area contributed by atoms with Gasteiger partial charge < -0.3 is 0 Å². The van der Waals surface area contributed by atoms with Crippen LogP contribution in [0.15, 0.2) is 42.6 Å². The maximum absolute atomic E-state index is 10.7. The van der Waals surface area contributed by atoms with Gasteiger partial charge in [-0.1, -0.05) is 23.8 Å². The minimum absolute atomic E-state index is 0.0713. The molecule has 4 nitrogen and oxygen atoms in total. The smallest absolute Gasteiger partial charge is 0.258 e. The first-order chi connectivity index (χ1) is 8.65. The normalized spacial score (nSPS) is 10.9. The Labute approximate surface area is 103 Å². The molecular weight excluding hydrogens is 228 g/mol. The Bertz CT molecular complexity index is 781.